The predicted molar refractivity (Wildman–Crippen MR) is 97.1 cm³/mol. The second-order valence-corrected chi connectivity index (χ2v) is 7.13. The lowest BCUT2D eigenvalue weighted by molar-refractivity contribution is 0.0937. The molecule has 24 heavy (non-hydrogen) atoms. The molecule has 1 atom stereocenters. The van der Waals surface area contributed by atoms with Crippen LogP contribution in [0, 0.1) is 0 Å². The molecule has 0 unspecified atom stereocenters. The standard InChI is InChI=1S/C18H24N4OS/c1-13(17-21-20-16-9-4-3-5-10-22(16)17)19-18(23)15-8-6-7-14(11-15)12-24-2/h6-8,11,13H,3-5,9-10,12H2,1-2H3,(H,19,23)/t13-/m1/s1. The van der Waals surface area contributed by atoms with E-state index >= 15 is 0 Å². The Balaban J connectivity index is 1.73. The summed E-state index contributed by atoms with van der Waals surface area (Å²) in [6, 6.07) is 7.66. The fourth-order valence-corrected chi connectivity index (χ4v) is 3.65. The van der Waals surface area contributed by atoms with Crippen LogP contribution in [-0.4, -0.2) is 26.9 Å². The smallest absolute Gasteiger partial charge is 0.251 e. The number of hydrogen-bond donors (Lipinski definition) is 1. The molecule has 1 N–H and O–H groups in total. The molecule has 0 radical (unpaired) electrons. The Morgan fingerprint density at radius 2 is 2.21 bits per heavy atom. The lowest BCUT2D eigenvalue weighted by Crippen LogP contribution is -2.29. The van der Waals surface area contributed by atoms with Crippen molar-refractivity contribution >= 4 is 17.7 Å². The Morgan fingerprint density at radius 3 is 3.04 bits per heavy atom. The summed E-state index contributed by atoms with van der Waals surface area (Å²) in [7, 11) is 0. The van der Waals surface area contributed by atoms with Gasteiger partial charge >= 0.3 is 0 Å². The molecule has 0 bridgehead atoms. The van der Waals surface area contributed by atoms with E-state index in [1.165, 1.54) is 18.4 Å². The van der Waals surface area contributed by atoms with Gasteiger partial charge in [0.2, 0.25) is 0 Å². The van der Waals surface area contributed by atoms with Crippen molar-refractivity contribution in [2.24, 2.45) is 0 Å². The molecular weight excluding hydrogens is 320 g/mol. The van der Waals surface area contributed by atoms with E-state index in [1.54, 1.807) is 11.8 Å². The van der Waals surface area contributed by atoms with Crippen LogP contribution in [0.5, 0.6) is 0 Å². The highest BCUT2D eigenvalue weighted by atomic mass is 32.2. The first-order valence-electron chi connectivity index (χ1n) is 8.49. The lowest BCUT2D eigenvalue weighted by atomic mass is 10.1. The number of aryl methyl sites for hydroxylation is 1. The van der Waals surface area contributed by atoms with Crippen molar-refractivity contribution in [3.63, 3.8) is 0 Å². The minimum atomic E-state index is -0.152. The highest BCUT2D eigenvalue weighted by molar-refractivity contribution is 7.97. The van der Waals surface area contributed by atoms with Crippen LogP contribution >= 0.6 is 11.8 Å². The van der Waals surface area contributed by atoms with Crippen LogP contribution in [-0.2, 0) is 18.7 Å². The lowest BCUT2D eigenvalue weighted by Gasteiger charge is -2.15. The van der Waals surface area contributed by atoms with Crippen LogP contribution in [0.1, 0.15) is 59.8 Å². The number of hydrogen-bond acceptors (Lipinski definition) is 4. The monoisotopic (exact) mass is 344 g/mol. The number of rotatable bonds is 5. The summed E-state index contributed by atoms with van der Waals surface area (Å²) in [5.74, 6) is 2.76. The first kappa shape index (κ1) is 17.0. The minimum absolute atomic E-state index is 0.0589. The summed E-state index contributed by atoms with van der Waals surface area (Å²) in [4.78, 5) is 12.6. The van der Waals surface area contributed by atoms with Gasteiger partial charge in [0.25, 0.3) is 5.91 Å². The molecule has 3 rings (SSSR count). The number of nitrogens with zero attached hydrogens (tertiary/aromatic N) is 3. The van der Waals surface area contributed by atoms with Gasteiger partial charge in [0.05, 0.1) is 6.04 Å². The molecule has 1 amide bonds. The van der Waals surface area contributed by atoms with E-state index in [1.807, 2.05) is 25.1 Å². The highest BCUT2D eigenvalue weighted by Crippen LogP contribution is 2.19. The topological polar surface area (TPSA) is 59.8 Å². The van der Waals surface area contributed by atoms with Gasteiger partial charge in [-0.15, -0.1) is 10.2 Å². The second kappa shape index (κ2) is 7.83. The van der Waals surface area contributed by atoms with E-state index < -0.39 is 0 Å². The zero-order chi connectivity index (χ0) is 16.9. The molecular formula is C18H24N4OS. The molecule has 0 fully saturated rings. The largest absolute Gasteiger partial charge is 0.342 e. The van der Waals surface area contributed by atoms with Gasteiger partial charge in [-0.3, -0.25) is 4.79 Å². The average molecular weight is 344 g/mol. The number of thioether (sulfide) groups is 1. The molecule has 0 saturated heterocycles. The van der Waals surface area contributed by atoms with Crippen LogP contribution in [0.2, 0.25) is 0 Å². The molecule has 2 heterocycles. The first-order chi connectivity index (χ1) is 11.7. The van der Waals surface area contributed by atoms with Crippen LogP contribution in [0.15, 0.2) is 24.3 Å². The van der Waals surface area contributed by atoms with E-state index in [0.717, 1.165) is 36.8 Å². The molecule has 1 aromatic carbocycles. The van der Waals surface area contributed by atoms with Crippen LogP contribution in [0.3, 0.4) is 0 Å². The van der Waals surface area contributed by atoms with Crippen molar-refractivity contribution in [2.75, 3.05) is 6.26 Å². The molecule has 0 saturated carbocycles. The van der Waals surface area contributed by atoms with Crippen LogP contribution in [0.25, 0.3) is 0 Å². The normalized spacial score (nSPS) is 15.4. The number of fused-ring (bicyclic) bond motifs is 1. The fraction of sp³-hybridized carbons (Fsp3) is 0.500. The third kappa shape index (κ3) is 3.80. The number of benzene rings is 1. The zero-order valence-corrected chi connectivity index (χ0v) is 15.1. The fourth-order valence-electron chi connectivity index (χ4n) is 3.14. The molecule has 2 aromatic rings. The molecule has 0 spiro atoms. The van der Waals surface area contributed by atoms with Gasteiger partial charge in [-0.05, 0) is 43.7 Å². The van der Waals surface area contributed by atoms with Crippen molar-refractivity contribution < 1.29 is 4.79 Å². The Bertz CT molecular complexity index is 713. The quantitative estimate of drug-likeness (QED) is 0.903. The van der Waals surface area contributed by atoms with Crippen molar-refractivity contribution in [3.8, 4) is 0 Å². The maximum Gasteiger partial charge on any atom is 0.251 e. The van der Waals surface area contributed by atoms with E-state index in [4.69, 9.17) is 0 Å². The van der Waals surface area contributed by atoms with Crippen LogP contribution < -0.4 is 5.32 Å². The van der Waals surface area contributed by atoms with Crippen molar-refractivity contribution in [1.29, 1.82) is 0 Å². The summed E-state index contributed by atoms with van der Waals surface area (Å²) in [6.07, 6.45) is 6.58. The number of amides is 1. The molecule has 1 aliphatic heterocycles. The molecule has 1 aliphatic rings. The highest BCUT2D eigenvalue weighted by Gasteiger charge is 2.21. The van der Waals surface area contributed by atoms with Crippen molar-refractivity contribution in [3.05, 3.63) is 47.0 Å². The maximum absolute atomic E-state index is 12.6. The van der Waals surface area contributed by atoms with Gasteiger partial charge in [-0.25, -0.2) is 0 Å². The number of carbonyl (C=O) groups is 1. The van der Waals surface area contributed by atoms with Gasteiger partial charge in [-0.1, -0.05) is 18.6 Å². The Labute approximate surface area is 147 Å². The van der Waals surface area contributed by atoms with E-state index in [9.17, 15) is 4.79 Å². The van der Waals surface area contributed by atoms with Gasteiger partial charge in [0.1, 0.15) is 5.82 Å². The summed E-state index contributed by atoms with van der Waals surface area (Å²) in [5, 5.41) is 11.7. The molecule has 128 valence electrons. The summed E-state index contributed by atoms with van der Waals surface area (Å²) in [5.41, 5.74) is 1.86. The van der Waals surface area contributed by atoms with Crippen molar-refractivity contribution in [1.82, 2.24) is 20.1 Å². The second-order valence-electron chi connectivity index (χ2n) is 6.27. The Kier molecular flexibility index (Phi) is 5.56. The third-order valence-corrected chi connectivity index (χ3v) is 5.00. The van der Waals surface area contributed by atoms with Gasteiger partial charge in [0.15, 0.2) is 5.82 Å². The van der Waals surface area contributed by atoms with Gasteiger partial charge in [0, 0.05) is 24.3 Å². The summed E-state index contributed by atoms with van der Waals surface area (Å²) >= 11 is 1.75. The number of nitrogens with one attached hydrogen (secondary N) is 1. The molecule has 6 heteroatoms. The van der Waals surface area contributed by atoms with Crippen molar-refractivity contribution in [2.45, 2.75) is 50.9 Å². The number of aromatic nitrogens is 3. The van der Waals surface area contributed by atoms with E-state index in [-0.39, 0.29) is 11.9 Å². The number of carbonyl (C=O) groups excluding carboxylic acids is 1. The van der Waals surface area contributed by atoms with Crippen LogP contribution in [0.4, 0.5) is 0 Å². The van der Waals surface area contributed by atoms with E-state index in [0.29, 0.717) is 5.56 Å². The van der Waals surface area contributed by atoms with Gasteiger partial charge in [-0.2, -0.15) is 11.8 Å². The zero-order valence-electron chi connectivity index (χ0n) is 14.3. The molecule has 1 aromatic heterocycles. The molecule has 0 aliphatic carbocycles. The summed E-state index contributed by atoms with van der Waals surface area (Å²) in [6.45, 7) is 2.92. The maximum atomic E-state index is 12.6. The summed E-state index contributed by atoms with van der Waals surface area (Å²) < 4.78 is 2.18. The third-order valence-electron chi connectivity index (χ3n) is 4.37. The molecule has 5 nitrogen and oxygen atoms in total. The Morgan fingerprint density at radius 1 is 1.33 bits per heavy atom. The SMILES string of the molecule is CSCc1cccc(C(=O)N[C@H](C)c2nnc3n2CCCCC3)c1. The Hall–Kier alpha value is -1.82. The average Bonchev–Trinajstić information content (AvgIpc) is 2.84. The van der Waals surface area contributed by atoms with E-state index in [2.05, 4.69) is 32.4 Å². The van der Waals surface area contributed by atoms with Gasteiger partial charge < -0.3 is 9.88 Å². The predicted octanol–water partition coefficient (Wildman–Crippen LogP) is 3.36. The first-order valence-corrected chi connectivity index (χ1v) is 9.89. The minimum Gasteiger partial charge on any atom is -0.342 e.